The molecule has 88 valence electrons. The maximum Gasteiger partial charge on any atom is 0.307 e. The van der Waals surface area contributed by atoms with E-state index in [4.69, 9.17) is 4.74 Å². The molecule has 16 heavy (non-hydrogen) atoms. The van der Waals surface area contributed by atoms with Gasteiger partial charge in [-0.3, -0.25) is 14.3 Å². The molecule has 1 amide bonds. The van der Waals surface area contributed by atoms with Gasteiger partial charge in [0.05, 0.1) is 13.0 Å². The Labute approximate surface area is 93.6 Å². The van der Waals surface area contributed by atoms with E-state index < -0.39 is 0 Å². The highest BCUT2D eigenvalue weighted by Gasteiger charge is 2.09. The predicted octanol–water partition coefficient (Wildman–Crippen LogP) is 0.103. The monoisotopic (exact) mass is 225 g/mol. The fourth-order valence-electron chi connectivity index (χ4n) is 1.20. The van der Waals surface area contributed by atoms with Crippen LogP contribution in [0.3, 0.4) is 0 Å². The van der Waals surface area contributed by atoms with Gasteiger partial charge in [-0.2, -0.15) is 5.10 Å². The highest BCUT2D eigenvalue weighted by Crippen LogP contribution is 1.95. The molecule has 0 saturated heterocycles. The largest absolute Gasteiger partial charge is 0.466 e. The first-order valence-corrected chi connectivity index (χ1v) is 5.07. The number of nitrogens with zero attached hydrogens (tertiary/aromatic N) is 2. The lowest BCUT2D eigenvalue weighted by Gasteiger charge is -2.04. The maximum absolute atomic E-state index is 11.5. The molecule has 0 atom stereocenters. The van der Waals surface area contributed by atoms with Crippen molar-refractivity contribution in [3.05, 3.63) is 18.0 Å². The number of aromatic nitrogens is 2. The lowest BCUT2D eigenvalue weighted by Crippen LogP contribution is -2.28. The number of nitrogens with one attached hydrogen (secondary N) is 1. The minimum atomic E-state index is -0.312. The number of rotatable bonds is 5. The minimum absolute atomic E-state index is 0.178. The maximum atomic E-state index is 11.5. The van der Waals surface area contributed by atoms with Crippen molar-refractivity contribution in [2.45, 2.75) is 13.3 Å². The van der Waals surface area contributed by atoms with Crippen LogP contribution < -0.4 is 5.32 Å². The van der Waals surface area contributed by atoms with Crippen molar-refractivity contribution in [1.82, 2.24) is 15.1 Å². The molecule has 1 heterocycles. The van der Waals surface area contributed by atoms with Gasteiger partial charge in [-0.25, -0.2) is 0 Å². The molecule has 6 nitrogen and oxygen atoms in total. The predicted molar refractivity (Wildman–Crippen MR) is 56.8 cm³/mol. The van der Waals surface area contributed by atoms with Crippen LogP contribution >= 0.6 is 0 Å². The number of carbonyl (C=O) groups is 2. The summed E-state index contributed by atoms with van der Waals surface area (Å²) in [5.41, 5.74) is 0.462. The number of hydrogen-bond acceptors (Lipinski definition) is 4. The Morgan fingerprint density at radius 2 is 2.31 bits per heavy atom. The molecular weight excluding hydrogens is 210 g/mol. The zero-order chi connectivity index (χ0) is 12.0. The summed E-state index contributed by atoms with van der Waals surface area (Å²) in [5.74, 6) is -0.558. The van der Waals surface area contributed by atoms with E-state index in [0.717, 1.165) is 0 Å². The topological polar surface area (TPSA) is 73.2 Å². The van der Waals surface area contributed by atoms with Gasteiger partial charge >= 0.3 is 5.97 Å². The Bertz CT molecular complexity index is 373. The third-order valence-electron chi connectivity index (χ3n) is 1.97. The van der Waals surface area contributed by atoms with E-state index in [2.05, 4.69) is 10.4 Å². The summed E-state index contributed by atoms with van der Waals surface area (Å²) in [6.07, 6.45) is 1.72. The van der Waals surface area contributed by atoms with Crippen molar-refractivity contribution in [3.8, 4) is 0 Å². The Morgan fingerprint density at radius 3 is 2.88 bits per heavy atom. The van der Waals surface area contributed by atoms with E-state index in [0.29, 0.717) is 12.3 Å². The van der Waals surface area contributed by atoms with Gasteiger partial charge in [0.25, 0.3) is 5.91 Å². The highest BCUT2D eigenvalue weighted by atomic mass is 16.5. The summed E-state index contributed by atoms with van der Waals surface area (Å²) in [6.45, 7) is 2.36. The van der Waals surface area contributed by atoms with Crippen molar-refractivity contribution < 1.29 is 14.3 Å². The molecule has 0 saturated carbocycles. The van der Waals surface area contributed by atoms with Crippen LogP contribution in [-0.4, -0.2) is 34.8 Å². The fraction of sp³-hybridized carbons (Fsp3) is 0.500. The SMILES string of the molecule is CCOC(=O)CCNC(=O)c1ccnn1C. The van der Waals surface area contributed by atoms with Crippen LogP contribution in [0.1, 0.15) is 23.8 Å². The van der Waals surface area contributed by atoms with Crippen molar-refractivity contribution in [2.24, 2.45) is 7.05 Å². The van der Waals surface area contributed by atoms with Crippen molar-refractivity contribution in [2.75, 3.05) is 13.2 Å². The number of hydrogen-bond donors (Lipinski definition) is 1. The Morgan fingerprint density at radius 1 is 1.56 bits per heavy atom. The number of esters is 1. The number of amides is 1. The van der Waals surface area contributed by atoms with Crippen LogP contribution in [0.15, 0.2) is 12.3 Å². The molecule has 1 N–H and O–H groups in total. The molecule has 1 rings (SSSR count). The van der Waals surface area contributed by atoms with Gasteiger partial charge in [-0.05, 0) is 13.0 Å². The highest BCUT2D eigenvalue weighted by molar-refractivity contribution is 5.92. The van der Waals surface area contributed by atoms with Gasteiger partial charge < -0.3 is 10.1 Å². The molecule has 0 fully saturated rings. The molecular formula is C10H15N3O3. The first-order chi connectivity index (χ1) is 7.65. The second kappa shape index (κ2) is 5.89. The third kappa shape index (κ3) is 3.38. The van der Waals surface area contributed by atoms with E-state index >= 15 is 0 Å². The molecule has 0 aliphatic rings. The number of ether oxygens (including phenoxy) is 1. The molecule has 0 unspecified atom stereocenters. The summed E-state index contributed by atoms with van der Waals surface area (Å²) in [6, 6.07) is 1.61. The molecule has 0 aliphatic heterocycles. The minimum Gasteiger partial charge on any atom is -0.466 e. The van der Waals surface area contributed by atoms with Gasteiger partial charge in [0.15, 0.2) is 0 Å². The van der Waals surface area contributed by atoms with Gasteiger partial charge in [-0.15, -0.1) is 0 Å². The van der Waals surface area contributed by atoms with Crippen LogP contribution in [0.2, 0.25) is 0 Å². The third-order valence-corrected chi connectivity index (χ3v) is 1.97. The van der Waals surface area contributed by atoms with E-state index in [-0.39, 0.29) is 24.8 Å². The zero-order valence-electron chi connectivity index (χ0n) is 9.40. The molecule has 0 aromatic carbocycles. The second-order valence-electron chi connectivity index (χ2n) is 3.15. The standard InChI is InChI=1S/C10H15N3O3/c1-3-16-9(14)5-6-11-10(15)8-4-7-12-13(8)2/h4,7H,3,5-6H2,1-2H3,(H,11,15). The number of aryl methyl sites for hydroxylation is 1. The van der Waals surface area contributed by atoms with Crippen LogP contribution in [0.4, 0.5) is 0 Å². The van der Waals surface area contributed by atoms with E-state index in [1.54, 1.807) is 26.2 Å². The lowest BCUT2D eigenvalue weighted by atomic mass is 10.3. The molecule has 0 bridgehead atoms. The Hall–Kier alpha value is -1.85. The van der Waals surface area contributed by atoms with Gasteiger partial charge in [-0.1, -0.05) is 0 Å². The summed E-state index contributed by atoms with van der Waals surface area (Å²) in [5, 5.41) is 6.49. The molecule has 6 heteroatoms. The van der Waals surface area contributed by atoms with Crippen LogP contribution in [-0.2, 0) is 16.6 Å². The van der Waals surface area contributed by atoms with E-state index in [1.807, 2.05) is 0 Å². The van der Waals surface area contributed by atoms with Gasteiger partial charge in [0.1, 0.15) is 5.69 Å². The van der Waals surface area contributed by atoms with Crippen molar-refractivity contribution >= 4 is 11.9 Å². The lowest BCUT2D eigenvalue weighted by molar-refractivity contribution is -0.142. The van der Waals surface area contributed by atoms with Crippen LogP contribution in [0, 0.1) is 0 Å². The average Bonchev–Trinajstić information content (AvgIpc) is 2.64. The van der Waals surface area contributed by atoms with Crippen molar-refractivity contribution in [1.29, 1.82) is 0 Å². The smallest absolute Gasteiger partial charge is 0.307 e. The fourth-order valence-corrected chi connectivity index (χ4v) is 1.20. The van der Waals surface area contributed by atoms with Gasteiger partial charge in [0, 0.05) is 19.8 Å². The summed E-state index contributed by atoms with van der Waals surface area (Å²) in [7, 11) is 1.68. The molecule has 0 radical (unpaired) electrons. The normalized spacial score (nSPS) is 9.88. The van der Waals surface area contributed by atoms with Crippen molar-refractivity contribution in [3.63, 3.8) is 0 Å². The van der Waals surface area contributed by atoms with Gasteiger partial charge in [0.2, 0.25) is 0 Å². The first-order valence-electron chi connectivity index (χ1n) is 5.07. The quantitative estimate of drug-likeness (QED) is 0.721. The molecule has 1 aromatic rings. The summed E-state index contributed by atoms with van der Waals surface area (Å²) in [4.78, 5) is 22.5. The Kier molecular flexibility index (Phi) is 4.50. The molecule has 0 aliphatic carbocycles. The van der Waals surface area contributed by atoms with Crippen LogP contribution in [0.5, 0.6) is 0 Å². The van der Waals surface area contributed by atoms with E-state index in [9.17, 15) is 9.59 Å². The number of carbonyl (C=O) groups excluding carboxylic acids is 2. The summed E-state index contributed by atoms with van der Waals surface area (Å²) >= 11 is 0. The first kappa shape index (κ1) is 12.2. The average molecular weight is 225 g/mol. The van der Waals surface area contributed by atoms with E-state index in [1.165, 1.54) is 4.68 Å². The Balaban J connectivity index is 2.31. The van der Waals surface area contributed by atoms with Crippen LogP contribution in [0.25, 0.3) is 0 Å². The summed E-state index contributed by atoms with van der Waals surface area (Å²) < 4.78 is 6.20. The molecule has 1 aromatic heterocycles. The molecule has 0 spiro atoms. The zero-order valence-corrected chi connectivity index (χ0v) is 9.40. The second-order valence-corrected chi connectivity index (χ2v) is 3.15.